The molecule has 3 N–H and O–H groups in total. The summed E-state index contributed by atoms with van der Waals surface area (Å²) in [6.07, 6.45) is 4.35. The third-order valence-corrected chi connectivity index (χ3v) is 3.37. The minimum atomic E-state index is 0.658. The molecular weight excluding hydrogens is 212 g/mol. The van der Waals surface area contributed by atoms with Gasteiger partial charge in [-0.25, -0.2) is 4.98 Å². The van der Waals surface area contributed by atoms with E-state index in [0.717, 1.165) is 24.1 Å². The number of rotatable bonds is 4. The van der Waals surface area contributed by atoms with Gasteiger partial charge in [0.1, 0.15) is 0 Å². The standard InChI is InChI=1S/C13H18N4/c1-2-11(15-5-1)8-14-7-10-3-4-12-13(6-10)17-9-16-12/h3-4,6,9,11,14-15H,1-2,5,7-8H2,(H,16,17). The smallest absolute Gasteiger partial charge is 0.0931 e. The van der Waals surface area contributed by atoms with E-state index in [2.05, 4.69) is 38.8 Å². The molecular formula is C13H18N4. The number of aromatic amines is 1. The Balaban J connectivity index is 1.56. The molecule has 17 heavy (non-hydrogen) atoms. The van der Waals surface area contributed by atoms with E-state index < -0.39 is 0 Å². The lowest BCUT2D eigenvalue weighted by Crippen LogP contribution is -2.33. The Hall–Kier alpha value is -1.39. The number of hydrogen-bond acceptors (Lipinski definition) is 3. The minimum absolute atomic E-state index is 0.658. The van der Waals surface area contributed by atoms with Crippen molar-refractivity contribution in [1.29, 1.82) is 0 Å². The Labute approximate surface area is 101 Å². The van der Waals surface area contributed by atoms with Gasteiger partial charge in [0, 0.05) is 19.1 Å². The number of benzene rings is 1. The molecule has 4 heteroatoms. The Bertz CT molecular complexity index is 485. The number of imidazole rings is 1. The molecule has 2 aromatic rings. The largest absolute Gasteiger partial charge is 0.345 e. The predicted octanol–water partition coefficient (Wildman–Crippen LogP) is 1.40. The quantitative estimate of drug-likeness (QED) is 0.744. The van der Waals surface area contributed by atoms with Crippen molar-refractivity contribution >= 4 is 11.0 Å². The van der Waals surface area contributed by atoms with Crippen LogP contribution in [0.25, 0.3) is 11.0 Å². The summed E-state index contributed by atoms with van der Waals surface area (Å²) in [5.74, 6) is 0. The molecule has 3 rings (SSSR count). The van der Waals surface area contributed by atoms with Gasteiger partial charge in [-0.1, -0.05) is 6.07 Å². The number of fused-ring (bicyclic) bond motifs is 1. The van der Waals surface area contributed by atoms with Crippen molar-refractivity contribution in [2.45, 2.75) is 25.4 Å². The van der Waals surface area contributed by atoms with Crippen LogP contribution in [-0.4, -0.2) is 29.1 Å². The van der Waals surface area contributed by atoms with Crippen molar-refractivity contribution in [2.24, 2.45) is 0 Å². The summed E-state index contributed by atoms with van der Waals surface area (Å²) in [4.78, 5) is 7.36. The molecule has 0 bridgehead atoms. The maximum absolute atomic E-state index is 4.22. The Kier molecular flexibility index (Phi) is 3.07. The van der Waals surface area contributed by atoms with E-state index in [1.807, 2.05) is 0 Å². The van der Waals surface area contributed by atoms with Gasteiger partial charge in [-0.3, -0.25) is 0 Å². The van der Waals surface area contributed by atoms with Crippen LogP contribution in [0.15, 0.2) is 24.5 Å². The molecule has 1 aromatic heterocycles. The maximum Gasteiger partial charge on any atom is 0.0931 e. The lowest BCUT2D eigenvalue weighted by atomic mass is 10.2. The first-order chi connectivity index (χ1) is 8.42. The zero-order valence-corrected chi connectivity index (χ0v) is 9.87. The highest BCUT2D eigenvalue weighted by atomic mass is 15.0. The van der Waals surface area contributed by atoms with Crippen LogP contribution in [0.2, 0.25) is 0 Å². The molecule has 0 aliphatic carbocycles. The second-order valence-electron chi connectivity index (χ2n) is 4.68. The molecule has 1 aliphatic rings. The second kappa shape index (κ2) is 4.85. The number of H-pyrrole nitrogens is 1. The van der Waals surface area contributed by atoms with E-state index in [1.165, 1.54) is 24.9 Å². The SMILES string of the molecule is c1nc2ccc(CNCC3CCCN3)cc2[nH]1. The summed E-state index contributed by atoms with van der Waals surface area (Å²) in [5.41, 5.74) is 3.45. The van der Waals surface area contributed by atoms with Gasteiger partial charge in [0.2, 0.25) is 0 Å². The summed E-state index contributed by atoms with van der Waals surface area (Å²) in [7, 11) is 0. The Morgan fingerprint density at radius 3 is 3.29 bits per heavy atom. The fraction of sp³-hybridized carbons (Fsp3) is 0.462. The molecule has 1 fully saturated rings. The monoisotopic (exact) mass is 230 g/mol. The average Bonchev–Trinajstić information content (AvgIpc) is 2.98. The lowest BCUT2D eigenvalue weighted by Gasteiger charge is -2.11. The van der Waals surface area contributed by atoms with Crippen LogP contribution < -0.4 is 10.6 Å². The first-order valence-electron chi connectivity index (χ1n) is 6.28. The highest BCUT2D eigenvalue weighted by Crippen LogP contribution is 2.11. The zero-order chi connectivity index (χ0) is 11.5. The van der Waals surface area contributed by atoms with Crippen LogP contribution >= 0.6 is 0 Å². The van der Waals surface area contributed by atoms with Crippen molar-refractivity contribution in [3.05, 3.63) is 30.1 Å². The van der Waals surface area contributed by atoms with Crippen LogP contribution in [-0.2, 0) is 6.54 Å². The molecule has 4 nitrogen and oxygen atoms in total. The van der Waals surface area contributed by atoms with Crippen molar-refractivity contribution in [1.82, 2.24) is 20.6 Å². The highest BCUT2D eigenvalue weighted by Gasteiger charge is 2.12. The normalized spacial score (nSPS) is 20.1. The van der Waals surface area contributed by atoms with Crippen molar-refractivity contribution in [3.8, 4) is 0 Å². The lowest BCUT2D eigenvalue weighted by molar-refractivity contribution is 0.536. The van der Waals surface area contributed by atoms with E-state index >= 15 is 0 Å². The molecule has 0 saturated carbocycles. The van der Waals surface area contributed by atoms with Gasteiger partial charge in [0.25, 0.3) is 0 Å². The fourth-order valence-electron chi connectivity index (χ4n) is 2.41. The number of nitrogens with one attached hydrogen (secondary N) is 3. The highest BCUT2D eigenvalue weighted by molar-refractivity contribution is 5.74. The van der Waals surface area contributed by atoms with Crippen molar-refractivity contribution in [2.75, 3.05) is 13.1 Å². The molecule has 1 aromatic carbocycles. The molecule has 0 amide bonds. The van der Waals surface area contributed by atoms with Gasteiger partial charge in [-0.2, -0.15) is 0 Å². The van der Waals surface area contributed by atoms with Gasteiger partial charge < -0.3 is 15.6 Å². The number of aromatic nitrogens is 2. The molecule has 0 spiro atoms. The third kappa shape index (κ3) is 2.48. The van der Waals surface area contributed by atoms with Crippen LogP contribution in [0.1, 0.15) is 18.4 Å². The van der Waals surface area contributed by atoms with Crippen LogP contribution in [0, 0.1) is 0 Å². The van der Waals surface area contributed by atoms with Crippen molar-refractivity contribution < 1.29 is 0 Å². The van der Waals surface area contributed by atoms with Gasteiger partial charge in [0.15, 0.2) is 0 Å². The van der Waals surface area contributed by atoms with E-state index in [4.69, 9.17) is 0 Å². The number of hydrogen-bond donors (Lipinski definition) is 3. The van der Waals surface area contributed by atoms with Crippen LogP contribution in [0.3, 0.4) is 0 Å². The molecule has 1 aliphatic heterocycles. The number of nitrogens with zero attached hydrogens (tertiary/aromatic N) is 1. The fourth-order valence-corrected chi connectivity index (χ4v) is 2.41. The average molecular weight is 230 g/mol. The Morgan fingerprint density at radius 1 is 1.41 bits per heavy atom. The summed E-state index contributed by atoms with van der Waals surface area (Å²) in [5, 5.41) is 6.99. The van der Waals surface area contributed by atoms with Crippen LogP contribution in [0.5, 0.6) is 0 Å². The van der Waals surface area contributed by atoms with Crippen LogP contribution in [0.4, 0.5) is 0 Å². The topological polar surface area (TPSA) is 52.7 Å². The minimum Gasteiger partial charge on any atom is -0.345 e. The molecule has 1 atom stereocenters. The summed E-state index contributed by atoms with van der Waals surface area (Å²) < 4.78 is 0. The van der Waals surface area contributed by atoms with E-state index in [9.17, 15) is 0 Å². The van der Waals surface area contributed by atoms with Gasteiger partial charge >= 0.3 is 0 Å². The Morgan fingerprint density at radius 2 is 2.41 bits per heavy atom. The first kappa shape index (κ1) is 10.7. The molecule has 1 saturated heterocycles. The summed E-state index contributed by atoms with van der Waals surface area (Å²) >= 11 is 0. The molecule has 90 valence electrons. The molecule has 2 heterocycles. The molecule has 0 radical (unpaired) electrons. The van der Waals surface area contributed by atoms with E-state index in [0.29, 0.717) is 6.04 Å². The van der Waals surface area contributed by atoms with Gasteiger partial charge in [0.05, 0.1) is 17.4 Å². The maximum atomic E-state index is 4.22. The summed E-state index contributed by atoms with van der Waals surface area (Å²) in [6.45, 7) is 3.15. The molecule has 1 unspecified atom stereocenters. The third-order valence-electron chi connectivity index (χ3n) is 3.37. The first-order valence-corrected chi connectivity index (χ1v) is 6.28. The van der Waals surface area contributed by atoms with Gasteiger partial charge in [-0.15, -0.1) is 0 Å². The van der Waals surface area contributed by atoms with Gasteiger partial charge in [-0.05, 0) is 37.1 Å². The summed E-state index contributed by atoms with van der Waals surface area (Å²) in [6, 6.07) is 7.03. The van der Waals surface area contributed by atoms with E-state index in [-0.39, 0.29) is 0 Å². The zero-order valence-electron chi connectivity index (χ0n) is 9.87. The van der Waals surface area contributed by atoms with Crippen molar-refractivity contribution in [3.63, 3.8) is 0 Å². The van der Waals surface area contributed by atoms with E-state index in [1.54, 1.807) is 6.33 Å². The predicted molar refractivity (Wildman–Crippen MR) is 68.8 cm³/mol. The second-order valence-corrected chi connectivity index (χ2v) is 4.68.